The van der Waals surface area contributed by atoms with Gasteiger partial charge in [0, 0.05) is 11.0 Å². The second-order valence-electron chi connectivity index (χ2n) is 3.89. The Balaban J connectivity index is 2.71. The molecule has 1 amide bonds. The average Bonchev–Trinajstić information content (AvgIpc) is 2.29. The molecule has 1 rings (SSSR count). The number of hydrogen-bond acceptors (Lipinski definition) is 2. The number of halogens is 1. The van der Waals surface area contributed by atoms with Gasteiger partial charge in [-0.3, -0.25) is 9.59 Å². The molecule has 0 bridgehead atoms. The van der Waals surface area contributed by atoms with Crippen LogP contribution in [0.2, 0.25) is 0 Å². The van der Waals surface area contributed by atoms with Crippen LogP contribution in [0.5, 0.6) is 0 Å². The van der Waals surface area contributed by atoms with E-state index in [9.17, 15) is 9.59 Å². The zero-order valence-electron chi connectivity index (χ0n) is 9.66. The highest BCUT2D eigenvalue weighted by Gasteiger charge is 2.15. The van der Waals surface area contributed by atoms with Crippen LogP contribution >= 0.6 is 15.9 Å². The maximum atomic E-state index is 11.8. The van der Waals surface area contributed by atoms with Crippen molar-refractivity contribution in [2.75, 3.05) is 6.54 Å². The number of carbonyl (C=O) groups is 2. The molecule has 0 aliphatic carbocycles. The summed E-state index contributed by atoms with van der Waals surface area (Å²) in [6.07, 6.45) is 0. The number of carbonyl (C=O) groups excluding carboxylic acids is 1. The molecule has 2 N–H and O–H groups in total. The molecular weight excluding hydrogens is 286 g/mol. The number of benzene rings is 1. The first-order valence-corrected chi connectivity index (χ1v) is 5.99. The summed E-state index contributed by atoms with van der Waals surface area (Å²) in [6.45, 7) is 3.56. The Morgan fingerprint density at radius 3 is 2.71 bits per heavy atom. The minimum Gasteiger partial charge on any atom is -0.481 e. The van der Waals surface area contributed by atoms with E-state index in [0.717, 1.165) is 10.0 Å². The predicted octanol–water partition coefficient (Wildman–Crippen LogP) is 2.21. The molecule has 0 fully saturated rings. The summed E-state index contributed by atoms with van der Waals surface area (Å²) in [5.74, 6) is -1.79. The van der Waals surface area contributed by atoms with Crippen LogP contribution in [0.1, 0.15) is 22.8 Å². The van der Waals surface area contributed by atoms with Crippen LogP contribution in [0, 0.1) is 12.8 Å². The predicted molar refractivity (Wildman–Crippen MR) is 68.0 cm³/mol. The maximum Gasteiger partial charge on any atom is 0.308 e. The first-order chi connectivity index (χ1) is 7.93. The van der Waals surface area contributed by atoms with E-state index < -0.39 is 11.9 Å². The van der Waals surface area contributed by atoms with Crippen LogP contribution in [-0.2, 0) is 4.79 Å². The maximum absolute atomic E-state index is 11.8. The second-order valence-corrected chi connectivity index (χ2v) is 4.68. The van der Waals surface area contributed by atoms with Crippen molar-refractivity contribution < 1.29 is 14.7 Å². The third-order valence-electron chi connectivity index (χ3n) is 2.43. The Kier molecular flexibility index (Phi) is 4.69. The summed E-state index contributed by atoms with van der Waals surface area (Å²) in [5.41, 5.74) is 1.48. The molecule has 1 aromatic rings. The molecule has 4 nitrogen and oxygen atoms in total. The molecule has 0 saturated heterocycles. The van der Waals surface area contributed by atoms with Crippen molar-refractivity contribution in [1.29, 1.82) is 0 Å². The van der Waals surface area contributed by atoms with E-state index in [2.05, 4.69) is 21.2 Å². The van der Waals surface area contributed by atoms with Crippen molar-refractivity contribution in [3.05, 3.63) is 33.8 Å². The normalized spacial score (nSPS) is 11.9. The third-order valence-corrected chi connectivity index (χ3v) is 3.48. The lowest BCUT2D eigenvalue weighted by Gasteiger charge is -2.10. The van der Waals surface area contributed by atoms with Crippen molar-refractivity contribution in [1.82, 2.24) is 5.32 Å². The van der Waals surface area contributed by atoms with Gasteiger partial charge >= 0.3 is 5.97 Å². The molecule has 0 radical (unpaired) electrons. The number of carboxylic acids is 1. The van der Waals surface area contributed by atoms with Gasteiger partial charge in [-0.25, -0.2) is 0 Å². The summed E-state index contributed by atoms with van der Waals surface area (Å²) >= 11 is 3.34. The van der Waals surface area contributed by atoms with E-state index in [1.807, 2.05) is 13.0 Å². The molecular formula is C12H14BrNO3. The highest BCUT2D eigenvalue weighted by Crippen LogP contribution is 2.20. The Labute approximate surface area is 108 Å². The van der Waals surface area contributed by atoms with E-state index in [0.29, 0.717) is 5.56 Å². The Morgan fingerprint density at radius 2 is 2.12 bits per heavy atom. The summed E-state index contributed by atoms with van der Waals surface area (Å²) in [6, 6.07) is 5.37. The summed E-state index contributed by atoms with van der Waals surface area (Å²) < 4.78 is 0.737. The summed E-state index contributed by atoms with van der Waals surface area (Å²) in [5, 5.41) is 11.3. The molecule has 92 valence electrons. The van der Waals surface area contributed by atoms with Gasteiger partial charge in [-0.05, 0) is 34.5 Å². The third kappa shape index (κ3) is 3.56. The number of carboxylic acid groups (broad SMARTS) is 1. The topological polar surface area (TPSA) is 66.4 Å². The van der Waals surface area contributed by atoms with Crippen molar-refractivity contribution in [3.63, 3.8) is 0 Å². The number of amides is 1. The van der Waals surface area contributed by atoms with E-state index in [1.54, 1.807) is 19.1 Å². The fraction of sp³-hybridized carbons (Fsp3) is 0.333. The smallest absolute Gasteiger partial charge is 0.308 e. The molecule has 0 aromatic heterocycles. The van der Waals surface area contributed by atoms with E-state index >= 15 is 0 Å². The van der Waals surface area contributed by atoms with E-state index in [4.69, 9.17) is 5.11 Å². The molecule has 0 aliphatic heterocycles. The molecule has 17 heavy (non-hydrogen) atoms. The molecule has 1 atom stereocenters. The van der Waals surface area contributed by atoms with Gasteiger partial charge in [0.1, 0.15) is 0 Å². The first kappa shape index (κ1) is 13.7. The minimum atomic E-state index is -0.923. The van der Waals surface area contributed by atoms with Gasteiger partial charge < -0.3 is 10.4 Å². The van der Waals surface area contributed by atoms with Crippen molar-refractivity contribution >= 4 is 27.8 Å². The molecule has 1 aromatic carbocycles. The van der Waals surface area contributed by atoms with Gasteiger partial charge in [0.15, 0.2) is 0 Å². The average molecular weight is 300 g/mol. The lowest BCUT2D eigenvalue weighted by molar-refractivity contribution is -0.140. The highest BCUT2D eigenvalue weighted by atomic mass is 79.9. The summed E-state index contributed by atoms with van der Waals surface area (Å²) in [4.78, 5) is 22.4. The van der Waals surface area contributed by atoms with E-state index in [1.165, 1.54) is 0 Å². The largest absolute Gasteiger partial charge is 0.481 e. The second kappa shape index (κ2) is 5.82. The lowest BCUT2D eigenvalue weighted by Crippen LogP contribution is -2.31. The number of aliphatic carboxylic acids is 1. The standard InChI is InChI=1S/C12H14BrNO3/c1-7-4-3-5-9(10(7)13)11(15)14-6-8(2)12(16)17/h3-5,8H,6H2,1-2H3,(H,14,15)(H,16,17). The quantitative estimate of drug-likeness (QED) is 0.896. The number of aryl methyl sites for hydroxylation is 1. The van der Waals surface area contributed by atoms with Gasteiger partial charge in [-0.2, -0.15) is 0 Å². The van der Waals surface area contributed by atoms with Crippen LogP contribution in [-0.4, -0.2) is 23.5 Å². The van der Waals surface area contributed by atoms with Crippen LogP contribution in [0.3, 0.4) is 0 Å². The number of nitrogens with one attached hydrogen (secondary N) is 1. The van der Waals surface area contributed by atoms with Crippen LogP contribution < -0.4 is 5.32 Å². The number of hydrogen-bond donors (Lipinski definition) is 2. The fourth-order valence-electron chi connectivity index (χ4n) is 1.25. The van der Waals surface area contributed by atoms with Gasteiger partial charge in [0.05, 0.1) is 11.5 Å². The Hall–Kier alpha value is -1.36. The molecule has 5 heteroatoms. The van der Waals surface area contributed by atoms with Crippen LogP contribution in [0.25, 0.3) is 0 Å². The van der Waals surface area contributed by atoms with E-state index in [-0.39, 0.29) is 12.5 Å². The molecule has 0 heterocycles. The monoisotopic (exact) mass is 299 g/mol. The van der Waals surface area contributed by atoms with Gasteiger partial charge in [0.2, 0.25) is 0 Å². The number of rotatable bonds is 4. The van der Waals surface area contributed by atoms with Crippen LogP contribution in [0.15, 0.2) is 22.7 Å². The van der Waals surface area contributed by atoms with Gasteiger partial charge in [-0.15, -0.1) is 0 Å². The SMILES string of the molecule is Cc1cccc(C(=O)NCC(C)C(=O)O)c1Br. The molecule has 0 saturated carbocycles. The van der Waals surface area contributed by atoms with Crippen molar-refractivity contribution in [2.45, 2.75) is 13.8 Å². The van der Waals surface area contributed by atoms with Crippen LogP contribution in [0.4, 0.5) is 0 Å². The fourth-order valence-corrected chi connectivity index (χ4v) is 1.70. The Morgan fingerprint density at radius 1 is 1.47 bits per heavy atom. The highest BCUT2D eigenvalue weighted by molar-refractivity contribution is 9.10. The molecule has 0 aliphatic rings. The van der Waals surface area contributed by atoms with Gasteiger partial charge in [-0.1, -0.05) is 19.1 Å². The first-order valence-electron chi connectivity index (χ1n) is 5.19. The minimum absolute atomic E-state index is 0.120. The molecule has 1 unspecified atom stereocenters. The Bertz CT molecular complexity index is 445. The molecule has 0 spiro atoms. The van der Waals surface area contributed by atoms with Gasteiger partial charge in [0.25, 0.3) is 5.91 Å². The zero-order valence-corrected chi connectivity index (χ0v) is 11.2. The van der Waals surface area contributed by atoms with Crippen molar-refractivity contribution in [2.24, 2.45) is 5.92 Å². The lowest BCUT2D eigenvalue weighted by atomic mass is 10.1. The summed E-state index contributed by atoms with van der Waals surface area (Å²) in [7, 11) is 0. The van der Waals surface area contributed by atoms with Crippen molar-refractivity contribution in [3.8, 4) is 0 Å². The zero-order chi connectivity index (χ0) is 13.0.